The van der Waals surface area contributed by atoms with E-state index in [1.807, 2.05) is 0 Å². The monoisotopic (exact) mass is 349 g/mol. The summed E-state index contributed by atoms with van der Waals surface area (Å²) in [6, 6.07) is 5.16. The van der Waals surface area contributed by atoms with Gasteiger partial charge in [0.05, 0.1) is 10.5 Å². The number of benzene rings is 1. The SMILES string of the molecule is CCN(CC(C)(C)O)S(=O)(=O)c1cc(Br)ccc1C. The molecule has 0 fully saturated rings. The van der Waals surface area contributed by atoms with Crippen molar-refractivity contribution in [1.82, 2.24) is 4.31 Å². The van der Waals surface area contributed by atoms with Crippen LogP contribution in [0.2, 0.25) is 0 Å². The second-order valence-electron chi connectivity index (χ2n) is 5.15. The molecule has 0 amide bonds. The van der Waals surface area contributed by atoms with Crippen LogP contribution in [-0.2, 0) is 10.0 Å². The quantitative estimate of drug-likeness (QED) is 0.888. The molecule has 0 bridgehead atoms. The second-order valence-corrected chi connectivity index (χ2v) is 7.98. The van der Waals surface area contributed by atoms with Gasteiger partial charge in [-0.2, -0.15) is 4.31 Å². The Balaban J connectivity index is 3.25. The van der Waals surface area contributed by atoms with Crippen LogP contribution in [0.15, 0.2) is 27.6 Å². The summed E-state index contributed by atoms with van der Waals surface area (Å²) in [5, 5.41) is 9.84. The standard InChI is InChI=1S/C13H20BrNO3S/c1-5-15(9-13(3,4)16)19(17,18)12-8-11(14)7-6-10(12)2/h6-8,16H,5,9H2,1-4H3. The molecule has 1 aromatic rings. The molecule has 0 saturated heterocycles. The number of rotatable bonds is 5. The number of nitrogens with zero attached hydrogens (tertiary/aromatic N) is 1. The van der Waals surface area contributed by atoms with Crippen LogP contribution >= 0.6 is 15.9 Å². The third-order valence-electron chi connectivity index (χ3n) is 2.68. The van der Waals surface area contributed by atoms with Crippen molar-refractivity contribution in [3.8, 4) is 0 Å². The van der Waals surface area contributed by atoms with E-state index in [2.05, 4.69) is 15.9 Å². The minimum absolute atomic E-state index is 0.0672. The third-order valence-corrected chi connectivity index (χ3v) is 5.24. The number of aryl methyl sites for hydroxylation is 1. The fraction of sp³-hybridized carbons (Fsp3) is 0.538. The maximum absolute atomic E-state index is 12.6. The Morgan fingerprint density at radius 3 is 2.42 bits per heavy atom. The third kappa shape index (κ3) is 4.27. The molecule has 0 atom stereocenters. The summed E-state index contributed by atoms with van der Waals surface area (Å²) >= 11 is 3.29. The van der Waals surface area contributed by atoms with E-state index >= 15 is 0 Å². The molecule has 0 aliphatic rings. The summed E-state index contributed by atoms with van der Waals surface area (Å²) in [6.45, 7) is 7.10. The molecule has 0 saturated carbocycles. The first-order valence-electron chi connectivity index (χ1n) is 6.06. The summed E-state index contributed by atoms with van der Waals surface area (Å²) in [7, 11) is -3.59. The molecule has 0 heterocycles. The predicted octanol–water partition coefficient (Wildman–Crippen LogP) is 2.54. The van der Waals surface area contributed by atoms with Crippen LogP contribution in [-0.4, -0.2) is 36.5 Å². The van der Waals surface area contributed by atoms with Gasteiger partial charge in [-0.05, 0) is 38.5 Å². The van der Waals surface area contributed by atoms with Crippen molar-refractivity contribution in [2.75, 3.05) is 13.1 Å². The van der Waals surface area contributed by atoms with Gasteiger partial charge >= 0.3 is 0 Å². The van der Waals surface area contributed by atoms with Crippen LogP contribution in [0, 0.1) is 6.92 Å². The Labute approximate surface area is 123 Å². The van der Waals surface area contributed by atoms with Crippen molar-refractivity contribution in [3.63, 3.8) is 0 Å². The van der Waals surface area contributed by atoms with Crippen molar-refractivity contribution in [1.29, 1.82) is 0 Å². The van der Waals surface area contributed by atoms with E-state index in [1.54, 1.807) is 45.9 Å². The Hall–Kier alpha value is -0.430. The van der Waals surface area contributed by atoms with Crippen LogP contribution in [0.4, 0.5) is 0 Å². The van der Waals surface area contributed by atoms with Crippen LogP contribution in [0.25, 0.3) is 0 Å². The summed E-state index contributed by atoms with van der Waals surface area (Å²) in [5.74, 6) is 0. The Kier molecular flexibility index (Phi) is 5.17. The van der Waals surface area contributed by atoms with Crippen LogP contribution in [0.5, 0.6) is 0 Å². The molecule has 108 valence electrons. The smallest absolute Gasteiger partial charge is 0.243 e. The molecule has 6 heteroatoms. The van der Waals surface area contributed by atoms with Gasteiger partial charge in [0, 0.05) is 17.6 Å². The molecular weight excluding hydrogens is 330 g/mol. The van der Waals surface area contributed by atoms with Gasteiger partial charge in [-0.1, -0.05) is 28.9 Å². The molecule has 1 rings (SSSR count). The van der Waals surface area contributed by atoms with Crippen molar-refractivity contribution >= 4 is 26.0 Å². The number of hydrogen-bond donors (Lipinski definition) is 1. The van der Waals surface area contributed by atoms with E-state index in [9.17, 15) is 13.5 Å². The molecule has 0 unspecified atom stereocenters. The van der Waals surface area contributed by atoms with Crippen molar-refractivity contribution < 1.29 is 13.5 Å². The Bertz CT molecular complexity index is 549. The predicted molar refractivity (Wildman–Crippen MR) is 79.6 cm³/mol. The summed E-state index contributed by atoms with van der Waals surface area (Å²) in [6.07, 6.45) is 0. The fourth-order valence-electron chi connectivity index (χ4n) is 1.79. The topological polar surface area (TPSA) is 57.6 Å². The van der Waals surface area contributed by atoms with Gasteiger partial charge < -0.3 is 5.11 Å². The zero-order valence-corrected chi connectivity index (χ0v) is 14.0. The average molecular weight is 350 g/mol. The highest BCUT2D eigenvalue weighted by Crippen LogP contribution is 2.24. The summed E-state index contributed by atoms with van der Waals surface area (Å²) in [5.41, 5.74) is -0.374. The van der Waals surface area contributed by atoms with Crippen molar-refractivity contribution in [3.05, 3.63) is 28.2 Å². The van der Waals surface area contributed by atoms with Gasteiger partial charge in [-0.3, -0.25) is 0 Å². The molecule has 0 aliphatic carbocycles. The van der Waals surface area contributed by atoms with Gasteiger partial charge in [0.1, 0.15) is 0 Å². The van der Waals surface area contributed by atoms with Crippen molar-refractivity contribution in [2.45, 2.75) is 38.2 Å². The average Bonchev–Trinajstić information content (AvgIpc) is 2.27. The first-order valence-corrected chi connectivity index (χ1v) is 8.30. The summed E-state index contributed by atoms with van der Waals surface area (Å²) < 4.78 is 27.2. The minimum Gasteiger partial charge on any atom is -0.389 e. The minimum atomic E-state index is -3.59. The Morgan fingerprint density at radius 2 is 1.95 bits per heavy atom. The molecule has 0 aromatic heterocycles. The van der Waals surface area contributed by atoms with Gasteiger partial charge in [0.15, 0.2) is 0 Å². The van der Waals surface area contributed by atoms with Crippen LogP contribution in [0.1, 0.15) is 26.3 Å². The lowest BCUT2D eigenvalue weighted by molar-refractivity contribution is 0.0601. The van der Waals surface area contributed by atoms with E-state index in [-0.39, 0.29) is 11.4 Å². The highest BCUT2D eigenvalue weighted by Gasteiger charge is 2.29. The molecule has 1 N–H and O–H groups in total. The molecule has 0 spiro atoms. The zero-order chi connectivity index (χ0) is 14.8. The number of hydrogen-bond acceptors (Lipinski definition) is 3. The number of likely N-dealkylation sites (N-methyl/N-ethyl adjacent to an activating group) is 1. The van der Waals surface area contributed by atoms with E-state index in [0.717, 1.165) is 4.47 Å². The highest BCUT2D eigenvalue weighted by molar-refractivity contribution is 9.10. The Morgan fingerprint density at radius 1 is 1.37 bits per heavy atom. The molecule has 0 radical (unpaired) electrons. The number of aliphatic hydroxyl groups is 1. The lowest BCUT2D eigenvalue weighted by Gasteiger charge is -2.28. The normalized spacial score (nSPS) is 13.0. The van der Waals surface area contributed by atoms with Crippen LogP contribution in [0.3, 0.4) is 0 Å². The first kappa shape index (κ1) is 16.6. The van der Waals surface area contributed by atoms with E-state index in [4.69, 9.17) is 0 Å². The molecular formula is C13H20BrNO3S. The van der Waals surface area contributed by atoms with E-state index in [1.165, 1.54) is 4.31 Å². The first-order chi connectivity index (χ1) is 8.58. The van der Waals surface area contributed by atoms with E-state index < -0.39 is 15.6 Å². The van der Waals surface area contributed by atoms with Gasteiger partial charge in [-0.25, -0.2) is 8.42 Å². The molecule has 1 aromatic carbocycles. The molecule has 4 nitrogen and oxygen atoms in total. The number of halogens is 1. The maximum atomic E-state index is 12.6. The van der Waals surface area contributed by atoms with Gasteiger partial charge in [0.2, 0.25) is 10.0 Å². The van der Waals surface area contributed by atoms with E-state index in [0.29, 0.717) is 12.1 Å². The highest BCUT2D eigenvalue weighted by atomic mass is 79.9. The van der Waals surface area contributed by atoms with Gasteiger partial charge in [0.25, 0.3) is 0 Å². The number of sulfonamides is 1. The lowest BCUT2D eigenvalue weighted by atomic mass is 10.1. The fourth-order valence-corrected chi connectivity index (χ4v) is 4.16. The molecule has 0 aliphatic heterocycles. The van der Waals surface area contributed by atoms with Crippen molar-refractivity contribution in [2.24, 2.45) is 0 Å². The van der Waals surface area contributed by atoms with Crippen LogP contribution < -0.4 is 0 Å². The largest absolute Gasteiger partial charge is 0.389 e. The summed E-state index contributed by atoms with van der Waals surface area (Å²) in [4.78, 5) is 0.271. The zero-order valence-electron chi connectivity index (χ0n) is 11.6. The maximum Gasteiger partial charge on any atom is 0.243 e. The lowest BCUT2D eigenvalue weighted by Crippen LogP contribution is -2.42. The second kappa shape index (κ2) is 5.91. The molecule has 19 heavy (non-hydrogen) atoms. The van der Waals surface area contributed by atoms with Gasteiger partial charge in [-0.15, -0.1) is 0 Å².